The molecule has 0 saturated carbocycles. The molecule has 0 fully saturated rings. The average Bonchev–Trinajstić information content (AvgIpc) is 2.39. The smallest absolute Gasteiger partial charge is 0.224 e. The minimum atomic E-state index is -0.677. The molecule has 0 spiro atoms. The van der Waals surface area contributed by atoms with E-state index < -0.39 is 6.04 Å². The maximum Gasteiger partial charge on any atom is 0.224 e. The van der Waals surface area contributed by atoms with Gasteiger partial charge in [-0.1, -0.05) is 0 Å². The van der Waals surface area contributed by atoms with Crippen LogP contribution in [-0.2, 0) is 4.79 Å². The standard InChI is InChI=1S/C5H7N4OS/c6-5-8-4(2-11-5)3(1-10)9-7/h2-3,9H,7H2,(H2,6,8). The second kappa shape index (κ2) is 3.42. The van der Waals surface area contributed by atoms with Crippen molar-refractivity contribution in [3.8, 4) is 0 Å². The molecular weight excluding hydrogens is 164 g/mol. The molecule has 1 aromatic rings. The number of thiazole rings is 1. The van der Waals surface area contributed by atoms with Gasteiger partial charge in [0.2, 0.25) is 6.29 Å². The van der Waals surface area contributed by atoms with Gasteiger partial charge in [-0.25, -0.2) is 10.4 Å². The van der Waals surface area contributed by atoms with E-state index in [2.05, 4.69) is 10.4 Å². The second-order valence-corrected chi connectivity index (χ2v) is 2.72. The van der Waals surface area contributed by atoms with E-state index >= 15 is 0 Å². The van der Waals surface area contributed by atoms with Gasteiger partial charge in [0.25, 0.3) is 0 Å². The van der Waals surface area contributed by atoms with Crippen molar-refractivity contribution in [1.82, 2.24) is 10.4 Å². The molecular formula is C5H7N4OS. The highest BCUT2D eigenvalue weighted by molar-refractivity contribution is 7.13. The minimum Gasteiger partial charge on any atom is -0.375 e. The fraction of sp³-hybridized carbons (Fsp3) is 0.200. The van der Waals surface area contributed by atoms with E-state index in [1.165, 1.54) is 11.3 Å². The predicted octanol–water partition coefficient (Wildman–Crippen LogP) is -0.661. The summed E-state index contributed by atoms with van der Waals surface area (Å²) in [5.74, 6) is 5.04. The third-order valence-electron chi connectivity index (χ3n) is 1.12. The van der Waals surface area contributed by atoms with Crippen molar-refractivity contribution < 1.29 is 4.79 Å². The van der Waals surface area contributed by atoms with Crippen LogP contribution < -0.4 is 17.0 Å². The summed E-state index contributed by atoms with van der Waals surface area (Å²) < 4.78 is 0. The molecule has 6 heteroatoms. The molecule has 1 atom stereocenters. The van der Waals surface area contributed by atoms with Gasteiger partial charge in [-0.05, 0) is 0 Å². The summed E-state index contributed by atoms with van der Waals surface area (Å²) in [6, 6.07) is -0.677. The maximum atomic E-state index is 10.2. The molecule has 59 valence electrons. The van der Waals surface area contributed by atoms with Crippen molar-refractivity contribution in [3.05, 3.63) is 11.1 Å². The molecule has 11 heavy (non-hydrogen) atoms. The number of hydrogen-bond acceptors (Lipinski definition) is 6. The normalized spacial score (nSPS) is 12.8. The predicted molar refractivity (Wildman–Crippen MR) is 42.3 cm³/mol. The molecule has 0 aliphatic heterocycles. The fourth-order valence-corrected chi connectivity index (χ4v) is 1.20. The van der Waals surface area contributed by atoms with Gasteiger partial charge in [0.1, 0.15) is 6.04 Å². The van der Waals surface area contributed by atoms with E-state index in [0.717, 1.165) is 0 Å². The molecule has 1 unspecified atom stereocenters. The number of nitrogens with two attached hydrogens (primary N) is 2. The van der Waals surface area contributed by atoms with E-state index in [0.29, 0.717) is 10.8 Å². The first kappa shape index (κ1) is 8.12. The first-order valence-electron chi connectivity index (χ1n) is 2.82. The summed E-state index contributed by atoms with van der Waals surface area (Å²) in [6.45, 7) is 0. The zero-order valence-electron chi connectivity index (χ0n) is 5.57. The Morgan fingerprint density at radius 1 is 1.82 bits per heavy atom. The van der Waals surface area contributed by atoms with Crippen LogP contribution in [0.15, 0.2) is 5.38 Å². The van der Waals surface area contributed by atoms with Crippen molar-refractivity contribution in [2.24, 2.45) is 5.84 Å². The van der Waals surface area contributed by atoms with Gasteiger partial charge in [0, 0.05) is 5.38 Å². The third-order valence-corrected chi connectivity index (χ3v) is 1.81. The Morgan fingerprint density at radius 2 is 2.55 bits per heavy atom. The SMILES string of the molecule is NNC([C]=O)c1csc(N)n1. The van der Waals surface area contributed by atoms with E-state index in [1.54, 1.807) is 11.7 Å². The molecule has 0 aromatic carbocycles. The first-order valence-corrected chi connectivity index (χ1v) is 3.70. The fourth-order valence-electron chi connectivity index (χ4n) is 0.613. The van der Waals surface area contributed by atoms with Gasteiger partial charge in [-0.15, -0.1) is 11.3 Å². The van der Waals surface area contributed by atoms with Crippen LogP contribution in [0, 0.1) is 0 Å². The quantitative estimate of drug-likeness (QED) is 0.414. The Kier molecular flexibility index (Phi) is 2.53. The molecule has 0 bridgehead atoms. The molecule has 5 N–H and O–H groups in total. The molecule has 1 radical (unpaired) electrons. The molecule has 1 rings (SSSR count). The number of hydrogen-bond donors (Lipinski definition) is 3. The van der Waals surface area contributed by atoms with Crippen LogP contribution in [0.25, 0.3) is 0 Å². The number of hydrazine groups is 1. The molecule has 0 saturated heterocycles. The van der Waals surface area contributed by atoms with Gasteiger partial charge >= 0.3 is 0 Å². The van der Waals surface area contributed by atoms with Crippen molar-refractivity contribution in [2.75, 3.05) is 5.73 Å². The van der Waals surface area contributed by atoms with Crippen LogP contribution in [0.4, 0.5) is 5.13 Å². The van der Waals surface area contributed by atoms with E-state index in [4.69, 9.17) is 11.6 Å². The molecule has 0 aliphatic carbocycles. The number of aromatic nitrogens is 1. The lowest BCUT2D eigenvalue weighted by atomic mass is 10.3. The summed E-state index contributed by atoms with van der Waals surface area (Å²) in [5, 5.41) is 2.07. The Bertz CT molecular complexity index is 248. The minimum absolute atomic E-state index is 0.413. The molecule has 0 aliphatic rings. The highest BCUT2D eigenvalue weighted by Gasteiger charge is 2.11. The Labute approximate surface area is 67.4 Å². The van der Waals surface area contributed by atoms with Crippen molar-refractivity contribution in [3.63, 3.8) is 0 Å². The molecule has 1 aromatic heterocycles. The maximum absolute atomic E-state index is 10.2. The summed E-state index contributed by atoms with van der Waals surface area (Å²) >= 11 is 1.26. The van der Waals surface area contributed by atoms with Crippen LogP contribution >= 0.6 is 11.3 Å². The summed E-state index contributed by atoms with van der Waals surface area (Å²) in [5.41, 5.74) is 8.09. The number of nitrogens with zero attached hydrogens (tertiary/aromatic N) is 1. The summed E-state index contributed by atoms with van der Waals surface area (Å²) in [6.07, 6.45) is 1.68. The average molecular weight is 171 g/mol. The highest BCUT2D eigenvalue weighted by atomic mass is 32.1. The number of nitrogens with one attached hydrogen (secondary N) is 1. The lowest BCUT2D eigenvalue weighted by Gasteiger charge is -2.01. The lowest BCUT2D eigenvalue weighted by molar-refractivity contribution is 0.523. The van der Waals surface area contributed by atoms with Gasteiger partial charge in [-0.2, -0.15) is 0 Å². The van der Waals surface area contributed by atoms with Crippen molar-refractivity contribution in [2.45, 2.75) is 6.04 Å². The van der Waals surface area contributed by atoms with Crippen molar-refractivity contribution >= 4 is 22.8 Å². The first-order chi connectivity index (χ1) is 5.27. The van der Waals surface area contributed by atoms with Gasteiger partial charge in [0.15, 0.2) is 5.13 Å². The van der Waals surface area contributed by atoms with E-state index in [1.807, 2.05) is 0 Å². The van der Waals surface area contributed by atoms with Crippen LogP contribution in [0.2, 0.25) is 0 Å². The zero-order valence-corrected chi connectivity index (χ0v) is 6.39. The lowest BCUT2D eigenvalue weighted by Crippen LogP contribution is -2.29. The Hall–Kier alpha value is -0.980. The largest absolute Gasteiger partial charge is 0.375 e. The summed E-state index contributed by atoms with van der Waals surface area (Å²) in [4.78, 5) is 14.0. The summed E-state index contributed by atoms with van der Waals surface area (Å²) in [7, 11) is 0. The zero-order chi connectivity index (χ0) is 8.27. The van der Waals surface area contributed by atoms with Crippen LogP contribution in [0.1, 0.15) is 11.7 Å². The highest BCUT2D eigenvalue weighted by Crippen LogP contribution is 2.15. The van der Waals surface area contributed by atoms with E-state index in [9.17, 15) is 4.79 Å². The van der Waals surface area contributed by atoms with E-state index in [-0.39, 0.29) is 0 Å². The number of carbonyl (C=O) groups excluding carboxylic acids is 1. The van der Waals surface area contributed by atoms with Crippen LogP contribution in [-0.4, -0.2) is 11.3 Å². The second-order valence-electron chi connectivity index (χ2n) is 1.83. The Balaban J connectivity index is 2.81. The molecule has 1 heterocycles. The van der Waals surface area contributed by atoms with Crippen molar-refractivity contribution in [1.29, 1.82) is 0 Å². The number of anilines is 1. The number of nitrogen functional groups attached to an aromatic ring is 1. The topological polar surface area (TPSA) is 94.0 Å². The van der Waals surface area contributed by atoms with Gasteiger partial charge in [0.05, 0.1) is 5.69 Å². The van der Waals surface area contributed by atoms with Gasteiger partial charge < -0.3 is 5.73 Å². The van der Waals surface area contributed by atoms with Gasteiger partial charge in [-0.3, -0.25) is 10.6 Å². The Morgan fingerprint density at radius 3 is 2.91 bits per heavy atom. The number of rotatable bonds is 3. The molecule has 5 nitrogen and oxygen atoms in total. The third kappa shape index (κ3) is 1.73. The monoisotopic (exact) mass is 171 g/mol. The van der Waals surface area contributed by atoms with Crippen LogP contribution in [0.5, 0.6) is 0 Å². The van der Waals surface area contributed by atoms with Crippen LogP contribution in [0.3, 0.4) is 0 Å². The molecule has 0 amide bonds.